The van der Waals surface area contributed by atoms with E-state index in [0.29, 0.717) is 0 Å². The molecule has 0 atom stereocenters. The van der Waals surface area contributed by atoms with Crippen LogP contribution < -0.4 is 0 Å². The molecular weight excluding hydrogens is 420 g/mol. The predicted octanol–water partition coefficient (Wildman–Crippen LogP) is -0.282. The van der Waals surface area contributed by atoms with Crippen LogP contribution in [0.3, 0.4) is 0 Å². The maximum atomic E-state index is 8.06. The summed E-state index contributed by atoms with van der Waals surface area (Å²) in [5, 5.41) is 0. The molecule has 6 heavy (non-hydrogen) atoms. The molecule has 0 amide bonds. The summed E-state index contributed by atoms with van der Waals surface area (Å²) in [4.78, 5) is 0. The molecule has 0 saturated heterocycles. The number of hydrogen-bond acceptors (Lipinski definition) is 1. The summed E-state index contributed by atoms with van der Waals surface area (Å²) in [6, 6.07) is 0. The van der Waals surface area contributed by atoms with Crippen LogP contribution in [-0.4, -0.2) is 45.5 Å². The van der Waals surface area contributed by atoms with E-state index >= 15 is 0 Å². The maximum absolute atomic E-state index is 8.06. The van der Waals surface area contributed by atoms with Gasteiger partial charge in [0.15, 0.2) is 0 Å². The van der Waals surface area contributed by atoms with Gasteiger partial charge in [-0.05, 0) is 0 Å². The van der Waals surface area contributed by atoms with Crippen molar-refractivity contribution in [3.8, 4) is 0 Å². The van der Waals surface area contributed by atoms with Gasteiger partial charge in [-0.1, -0.05) is 0 Å². The topological polar surface area (TPSA) is 17.1 Å². The van der Waals surface area contributed by atoms with Crippen molar-refractivity contribution in [3.63, 3.8) is 0 Å². The molecule has 0 aliphatic rings. The van der Waals surface area contributed by atoms with E-state index in [1.807, 2.05) is 0 Å². The zero-order valence-corrected chi connectivity index (χ0v) is 12.9. The molecule has 0 aromatic carbocycles. The molecule has 2 radical (unpaired) electrons. The Balaban J connectivity index is -0.000000000333. The van der Waals surface area contributed by atoms with Gasteiger partial charge in [-0.25, -0.2) is 0 Å². The van der Waals surface area contributed by atoms with Crippen LogP contribution in [0.25, 0.3) is 0 Å². The molecule has 0 unspecified atom stereocenters. The Bertz CT molecular complexity index is 22.0. The maximum Gasteiger partial charge on any atom is 2.00 e. The molecular formula is H2CuLaMnNiOSr. The predicted molar refractivity (Wildman–Crippen MR) is 8.66 cm³/mol. The standard InChI is InChI=1S/Cu.La.Mn.Ni.O.Sr.2H/q;;;;;+2;2*-1. The number of rotatable bonds is 0. The van der Waals surface area contributed by atoms with Gasteiger partial charge in [0.25, 0.3) is 0 Å². The van der Waals surface area contributed by atoms with E-state index in [9.17, 15) is 0 Å². The minimum Gasteiger partial charge on any atom is 2.00 e. The largest absolute Gasteiger partial charge is 2.00 e. The fourth-order valence-electron chi connectivity index (χ4n) is 0. The summed E-state index contributed by atoms with van der Waals surface area (Å²) < 4.78 is 8.06. The van der Waals surface area contributed by atoms with Gasteiger partial charge in [0.1, 0.15) is 0 Å². The summed E-state index contributed by atoms with van der Waals surface area (Å²) in [5.74, 6) is 0. The second-order valence-electron chi connectivity index (χ2n) is 0. The average Bonchev–Trinajstić information content (AvgIpc) is 1.00. The van der Waals surface area contributed by atoms with Crippen LogP contribution in [0.5, 0.6) is 0 Å². The molecule has 0 bridgehead atoms. The summed E-state index contributed by atoms with van der Waals surface area (Å²) >= 11 is 1.69. The Labute approximate surface area is 134 Å². The van der Waals surface area contributed by atoms with Crippen molar-refractivity contribution >= 4 is 45.5 Å². The van der Waals surface area contributed by atoms with E-state index in [1.165, 1.54) is 0 Å². The average molecular weight is 422 g/mol. The molecule has 0 saturated carbocycles. The van der Waals surface area contributed by atoms with Crippen molar-refractivity contribution in [2.75, 3.05) is 0 Å². The van der Waals surface area contributed by atoms with Crippen molar-refractivity contribution in [1.82, 2.24) is 0 Å². The molecule has 1 nitrogen and oxygen atoms in total. The van der Waals surface area contributed by atoms with Crippen molar-refractivity contribution in [3.05, 3.63) is 0 Å². The zero-order chi connectivity index (χ0) is 2.00. The Morgan fingerprint density at radius 1 is 1.33 bits per heavy atom. The van der Waals surface area contributed by atoms with Crippen LogP contribution in [0.15, 0.2) is 0 Å². The molecule has 0 rings (SSSR count). The van der Waals surface area contributed by atoms with Crippen LogP contribution in [-0.2, 0) is 53.3 Å². The molecule has 0 aliphatic heterocycles. The Kier molecular flexibility index (Phi) is 194. The van der Waals surface area contributed by atoms with E-state index in [4.69, 9.17) is 3.83 Å². The molecule has 6 heteroatoms. The van der Waals surface area contributed by atoms with Gasteiger partial charge in [0.2, 0.25) is 0 Å². The fourth-order valence-corrected chi connectivity index (χ4v) is 0. The third-order valence-corrected chi connectivity index (χ3v) is 0. The Morgan fingerprint density at radius 3 is 1.33 bits per heavy atom. The zero-order valence-electron chi connectivity index (χ0n) is 4.69. The van der Waals surface area contributed by atoms with Crippen LogP contribution >= 0.6 is 0 Å². The smallest absolute Gasteiger partial charge is 2.00 e. The second-order valence-corrected chi connectivity index (χ2v) is 0. The van der Waals surface area contributed by atoms with Gasteiger partial charge in [0, 0.05) is 69.2 Å². The van der Waals surface area contributed by atoms with Gasteiger partial charge in [-0.3, -0.25) is 0 Å². The van der Waals surface area contributed by atoms with E-state index in [2.05, 4.69) is 0 Å². The van der Waals surface area contributed by atoms with E-state index in [0.717, 1.165) is 0 Å². The van der Waals surface area contributed by atoms with Gasteiger partial charge in [0.05, 0.1) is 0 Å². The fraction of sp³-hybridized carbons (Fsp3) is 0. The summed E-state index contributed by atoms with van der Waals surface area (Å²) in [6.07, 6.45) is 0. The first kappa shape index (κ1) is 32.4. The minimum absolute atomic E-state index is 0. The SMILES string of the molecule is [Cu].[H-].[H-].[La].[Ni].[O]=[Mn].[Sr+2]. The molecule has 0 N–H and O–H groups in total. The minimum atomic E-state index is 0. The van der Waals surface area contributed by atoms with Crippen LogP contribution in [0, 0.1) is 35.6 Å². The quantitative estimate of drug-likeness (QED) is 0.492. The van der Waals surface area contributed by atoms with Crippen molar-refractivity contribution in [2.24, 2.45) is 0 Å². The molecule has 0 aliphatic carbocycles. The van der Waals surface area contributed by atoms with Gasteiger partial charge in [-0.2, -0.15) is 0 Å². The van der Waals surface area contributed by atoms with Crippen LogP contribution in [0.2, 0.25) is 0 Å². The van der Waals surface area contributed by atoms with Crippen molar-refractivity contribution in [1.29, 1.82) is 0 Å². The normalized spacial score (nSPS) is 0.667. The first-order valence-corrected chi connectivity index (χ1v) is 0.636. The third kappa shape index (κ3) is 24.5. The van der Waals surface area contributed by atoms with E-state index < -0.39 is 0 Å². The molecule has 0 aromatic rings. The van der Waals surface area contributed by atoms with Crippen LogP contribution in [0.1, 0.15) is 2.85 Å². The first-order valence-electron chi connectivity index (χ1n) is 0.154. The van der Waals surface area contributed by atoms with Gasteiger partial charge in [-0.15, -0.1) is 0 Å². The Morgan fingerprint density at radius 2 is 1.33 bits per heavy atom. The third-order valence-electron chi connectivity index (χ3n) is 0. The molecule has 0 fully saturated rings. The summed E-state index contributed by atoms with van der Waals surface area (Å²) in [5.41, 5.74) is 0. The summed E-state index contributed by atoms with van der Waals surface area (Å²) in [7, 11) is 0. The van der Waals surface area contributed by atoms with E-state index in [-0.39, 0.29) is 117 Å². The first-order chi connectivity index (χ1) is 1.00. The summed E-state index contributed by atoms with van der Waals surface area (Å²) in [6.45, 7) is 0. The molecule has 0 heterocycles. The number of hydrogen-bond donors (Lipinski definition) is 0. The molecule has 0 spiro atoms. The molecule has 41 valence electrons. The van der Waals surface area contributed by atoms with Crippen LogP contribution in [0.4, 0.5) is 0 Å². The van der Waals surface area contributed by atoms with Crippen molar-refractivity contribution in [2.45, 2.75) is 0 Å². The monoisotopic (exact) mass is 421 g/mol. The molecule has 0 aromatic heterocycles. The van der Waals surface area contributed by atoms with Gasteiger partial charge < -0.3 is 2.85 Å². The Hall–Kier alpha value is 4.01. The van der Waals surface area contributed by atoms with Gasteiger partial charge >= 0.3 is 65.3 Å². The van der Waals surface area contributed by atoms with Crippen molar-refractivity contribution < 1.29 is 91.8 Å². The van der Waals surface area contributed by atoms with E-state index in [1.54, 1.807) is 15.9 Å². The second kappa shape index (κ2) is 36.0.